The molecule has 3 N–H and O–H groups in total. The molecular weight excluding hydrogens is 252 g/mol. The Hall–Kier alpha value is -0.380. The quantitative estimate of drug-likeness (QED) is 0.881. The highest BCUT2D eigenvalue weighted by atomic mass is 79.9. The van der Waals surface area contributed by atoms with Crippen LogP contribution in [-0.2, 0) is 0 Å². The maximum Gasteiger partial charge on any atom is 0.0386 e. The Bertz CT molecular complexity index is 330. The first kappa shape index (κ1) is 11.1. The minimum Gasteiger partial charge on any atom is -0.330 e. The highest BCUT2D eigenvalue weighted by Gasteiger charge is 2.48. The van der Waals surface area contributed by atoms with Crippen molar-refractivity contribution in [2.24, 2.45) is 11.1 Å². The molecule has 0 aliphatic heterocycles. The fourth-order valence-electron chi connectivity index (χ4n) is 2.25. The van der Waals surface area contributed by atoms with Gasteiger partial charge in [-0.3, -0.25) is 0 Å². The van der Waals surface area contributed by atoms with E-state index < -0.39 is 0 Å². The third-order valence-electron chi connectivity index (χ3n) is 3.40. The van der Waals surface area contributed by atoms with Gasteiger partial charge in [0.25, 0.3) is 0 Å². The summed E-state index contributed by atoms with van der Waals surface area (Å²) in [5.41, 5.74) is 7.51. The first-order valence-corrected chi connectivity index (χ1v) is 6.14. The summed E-state index contributed by atoms with van der Waals surface area (Å²) in [7, 11) is 2.02. The maximum absolute atomic E-state index is 5.86. The van der Waals surface area contributed by atoms with Crippen molar-refractivity contribution < 1.29 is 0 Å². The van der Waals surface area contributed by atoms with Crippen LogP contribution in [0.2, 0.25) is 0 Å². The van der Waals surface area contributed by atoms with Gasteiger partial charge in [-0.25, -0.2) is 0 Å². The fraction of sp³-hybridized carbons (Fsp3) is 0.500. The predicted molar refractivity (Wildman–Crippen MR) is 66.7 cm³/mol. The lowest BCUT2D eigenvalue weighted by Crippen LogP contribution is -2.32. The number of halogens is 1. The number of hydrogen-bond donors (Lipinski definition) is 2. The highest BCUT2D eigenvalue weighted by Crippen LogP contribution is 2.53. The molecule has 1 atom stereocenters. The first-order valence-electron chi connectivity index (χ1n) is 5.35. The SMILES string of the molecule is CNC(c1ccc(Br)cc1)C1(CN)CC1. The monoisotopic (exact) mass is 268 g/mol. The molecule has 3 heteroatoms. The zero-order chi connectivity index (χ0) is 10.9. The summed E-state index contributed by atoms with van der Waals surface area (Å²) in [6, 6.07) is 8.91. The summed E-state index contributed by atoms with van der Waals surface area (Å²) in [6.07, 6.45) is 2.48. The third kappa shape index (κ3) is 2.10. The van der Waals surface area contributed by atoms with Gasteiger partial charge in [-0.2, -0.15) is 0 Å². The van der Waals surface area contributed by atoms with E-state index in [1.807, 2.05) is 7.05 Å². The van der Waals surface area contributed by atoms with E-state index in [1.54, 1.807) is 0 Å². The molecule has 0 spiro atoms. The second-order valence-corrected chi connectivity index (χ2v) is 5.26. The largest absolute Gasteiger partial charge is 0.330 e. The van der Waals surface area contributed by atoms with Crippen LogP contribution in [0.1, 0.15) is 24.4 Å². The molecule has 0 amide bonds. The van der Waals surface area contributed by atoms with Crippen LogP contribution in [0.4, 0.5) is 0 Å². The molecule has 15 heavy (non-hydrogen) atoms. The van der Waals surface area contributed by atoms with E-state index in [-0.39, 0.29) is 0 Å². The number of benzene rings is 1. The van der Waals surface area contributed by atoms with Gasteiger partial charge in [0.1, 0.15) is 0 Å². The molecule has 0 heterocycles. The smallest absolute Gasteiger partial charge is 0.0386 e. The average Bonchev–Trinajstić information content (AvgIpc) is 3.03. The average molecular weight is 269 g/mol. The van der Waals surface area contributed by atoms with E-state index in [0.29, 0.717) is 11.5 Å². The van der Waals surface area contributed by atoms with Gasteiger partial charge in [0.05, 0.1) is 0 Å². The minimum atomic E-state index is 0.308. The number of nitrogens with one attached hydrogen (secondary N) is 1. The van der Waals surface area contributed by atoms with E-state index in [9.17, 15) is 0 Å². The molecule has 0 bridgehead atoms. The zero-order valence-corrected chi connectivity index (χ0v) is 10.5. The molecule has 2 nitrogen and oxygen atoms in total. The Balaban J connectivity index is 2.23. The van der Waals surface area contributed by atoms with Gasteiger partial charge in [0.2, 0.25) is 0 Å². The topological polar surface area (TPSA) is 38.0 Å². The van der Waals surface area contributed by atoms with Crippen LogP contribution in [0.5, 0.6) is 0 Å². The Morgan fingerprint density at radius 1 is 1.40 bits per heavy atom. The van der Waals surface area contributed by atoms with Crippen molar-refractivity contribution in [3.05, 3.63) is 34.3 Å². The van der Waals surface area contributed by atoms with Crippen molar-refractivity contribution in [1.82, 2.24) is 5.32 Å². The van der Waals surface area contributed by atoms with Crippen LogP contribution >= 0.6 is 15.9 Å². The Labute approximate surface area is 99.4 Å². The zero-order valence-electron chi connectivity index (χ0n) is 8.96. The van der Waals surface area contributed by atoms with Crippen LogP contribution in [-0.4, -0.2) is 13.6 Å². The van der Waals surface area contributed by atoms with E-state index in [4.69, 9.17) is 5.73 Å². The summed E-state index contributed by atoms with van der Waals surface area (Å²) in [5, 5.41) is 3.40. The second-order valence-electron chi connectivity index (χ2n) is 4.34. The van der Waals surface area contributed by atoms with Crippen LogP contribution in [0.25, 0.3) is 0 Å². The minimum absolute atomic E-state index is 0.308. The van der Waals surface area contributed by atoms with Crippen LogP contribution < -0.4 is 11.1 Å². The molecule has 0 saturated heterocycles. The first-order chi connectivity index (χ1) is 7.22. The summed E-state index contributed by atoms with van der Waals surface area (Å²) in [5.74, 6) is 0. The maximum atomic E-state index is 5.86. The molecule has 1 unspecified atom stereocenters. The molecule has 1 aliphatic rings. The Morgan fingerprint density at radius 2 is 2.00 bits per heavy atom. The van der Waals surface area contributed by atoms with Gasteiger partial charge < -0.3 is 11.1 Å². The molecule has 1 fully saturated rings. The van der Waals surface area contributed by atoms with Gasteiger partial charge in [0.15, 0.2) is 0 Å². The van der Waals surface area contributed by atoms with Crippen LogP contribution in [0.3, 0.4) is 0 Å². The van der Waals surface area contributed by atoms with Gasteiger partial charge >= 0.3 is 0 Å². The fourth-order valence-corrected chi connectivity index (χ4v) is 2.52. The molecule has 0 aromatic heterocycles. The van der Waals surface area contributed by atoms with Gasteiger partial charge in [-0.1, -0.05) is 28.1 Å². The van der Waals surface area contributed by atoms with Crippen molar-refractivity contribution in [3.63, 3.8) is 0 Å². The van der Waals surface area contributed by atoms with E-state index in [1.165, 1.54) is 18.4 Å². The van der Waals surface area contributed by atoms with Gasteiger partial charge in [-0.15, -0.1) is 0 Å². The molecular formula is C12H17BrN2. The Kier molecular flexibility index (Phi) is 3.14. The van der Waals surface area contributed by atoms with Crippen molar-refractivity contribution in [2.45, 2.75) is 18.9 Å². The molecule has 1 aromatic carbocycles. The second kappa shape index (κ2) is 4.24. The van der Waals surface area contributed by atoms with E-state index >= 15 is 0 Å². The molecule has 1 aliphatic carbocycles. The lowest BCUT2D eigenvalue weighted by molar-refractivity contribution is 0.366. The summed E-state index contributed by atoms with van der Waals surface area (Å²) >= 11 is 3.45. The van der Waals surface area contributed by atoms with Crippen LogP contribution in [0, 0.1) is 5.41 Å². The lowest BCUT2D eigenvalue weighted by Gasteiger charge is -2.25. The summed E-state index contributed by atoms with van der Waals surface area (Å²) in [6.45, 7) is 0.772. The van der Waals surface area contributed by atoms with Crippen molar-refractivity contribution in [1.29, 1.82) is 0 Å². The van der Waals surface area contributed by atoms with E-state index in [0.717, 1.165) is 11.0 Å². The van der Waals surface area contributed by atoms with Gasteiger partial charge in [0, 0.05) is 15.9 Å². The Morgan fingerprint density at radius 3 is 2.40 bits per heavy atom. The van der Waals surface area contributed by atoms with Crippen molar-refractivity contribution in [3.8, 4) is 0 Å². The number of rotatable bonds is 4. The summed E-state index contributed by atoms with van der Waals surface area (Å²) < 4.78 is 1.12. The molecule has 2 rings (SSSR count). The molecule has 82 valence electrons. The van der Waals surface area contributed by atoms with Crippen LogP contribution in [0.15, 0.2) is 28.7 Å². The molecule has 1 saturated carbocycles. The third-order valence-corrected chi connectivity index (χ3v) is 3.93. The normalized spacial score (nSPS) is 19.9. The predicted octanol–water partition coefficient (Wildman–Crippen LogP) is 2.45. The molecule has 1 aromatic rings. The van der Waals surface area contributed by atoms with Crippen molar-refractivity contribution >= 4 is 15.9 Å². The van der Waals surface area contributed by atoms with Crippen molar-refractivity contribution in [2.75, 3.05) is 13.6 Å². The number of nitrogens with two attached hydrogens (primary N) is 1. The standard InChI is InChI=1S/C12H17BrN2/c1-15-11(12(8-14)6-7-12)9-2-4-10(13)5-3-9/h2-5,11,15H,6-8,14H2,1H3. The van der Waals surface area contributed by atoms with E-state index in [2.05, 4.69) is 45.5 Å². The number of hydrogen-bond acceptors (Lipinski definition) is 2. The summed E-state index contributed by atoms with van der Waals surface area (Å²) in [4.78, 5) is 0. The molecule has 0 radical (unpaired) electrons. The lowest BCUT2D eigenvalue weighted by atomic mass is 9.90. The highest BCUT2D eigenvalue weighted by molar-refractivity contribution is 9.10. The van der Waals surface area contributed by atoms with Gasteiger partial charge in [-0.05, 0) is 44.1 Å².